The van der Waals surface area contributed by atoms with E-state index in [1.807, 2.05) is 0 Å². The van der Waals surface area contributed by atoms with Gasteiger partial charge in [0.05, 0.1) is 0 Å². The number of thioether (sulfide) groups is 2. The highest BCUT2D eigenvalue weighted by molar-refractivity contribution is 8.00. The summed E-state index contributed by atoms with van der Waals surface area (Å²) in [6.07, 6.45) is 51.3. The molecule has 0 spiro atoms. The van der Waals surface area contributed by atoms with Crippen LogP contribution >= 0.6 is 23.5 Å². The van der Waals surface area contributed by atoms with Crippen molar-refractivity contribution in [1.82, 2.24) is 5.32 Å². The fourth-order valence-corrected chi connectivity index (χ4v) is 8.40. The molecule has 1 saturated heterocycles. The lowest BCUT2D eigenvalue weighted by molar-refractivity contribution is 0.240. The second-order valence-electron chi connectivity index (χ2n) is 13.4. The molecule has 1 N–H and O–H groups in total. The van der Waals surface area contributed by atoms with E-state index in [-0.39, 0.29) is 0 Å². The number of hydrogen-bond acceptors (Lipinski definition) is 3. The Morgan fingerprint density at radius 1 is 0.432 bits per heavy atom. The molecule has 0 atom stereocenters. The molecule has 1 rings (SSSR count). The van der Waals surface area contributed by atoms with Crippen LogP contribution in [0.3, 0.4) is 0 Å². The largest absolute Gasteiger partial charge is 0.315 e. The molecule has 44 heavy (non-hydrogen) atoms. The van der Waals surface area contributed by atoms with E-state index in [1.54, 1.807) is 0 Å². The van der Waals surface area contributed by atoms with Gasteiger partial charge in [0.2, 0.25) is 0 Å². The van der Waals surface area contributed by atoms with Gasteiger partial charge < -0.3 is 5.32 Å². The van der Waals surface area contributed by atoms with Crippen LogP contribution in [0.5, 0.6) is 0 Å². The Morgan fingerprint density at radius 2 is 0.773 bits per heavy atom. The van der Waals surface area contributed by atoms with E-state index in [1.165, 1.54) is 177 Å². The Balaban J connectivity index is 1.83. The Kier molecular flexibility index (Phi) is 32.1. The Bertz CT molecular complexity index is 637. The second kappa shape index (κ2) is 34.0. The van der Waals surface area contributed by atoms with E-state index < -0.39 is 0 Å². The molecule has 256 valence electrons. The maximum Gasteiger partial charge on any atom is 0.0133 e. The lowest BCUT2D eigenvalue weighted by Crippen LogP contribution is -2.56. The van der Waals surface area contributed by atoms with Crippen LogP contribution in [0.4, 0.5) is 0 Å². The molecule has 1 fully saturated rings. The van der Waals surface area contributed by atoms with Gasteiger partial charge in [0.1, 0.15) is 0 Å². The van der Waals surface area contributed by atoms with Gasteiger partial charge >= 0.3 is 0 Å². The van der Waals surface area contributed by atoms with Crippen LogP contribution in [0.15, 0.2) is 48.6 Å². The first kappa shape index (κ1) is 41.6. The molecule has 0 saturated carbocycles. The maximum absolute atomic E-state index is 3.58. The molecular weight excluding hydrogens is 571 g/mol. The Hall–Kier alpha value is -0.380. The van der Waals surface area contributed by atoms with E-state index in [0.29, 0.717) is 5.41 Å². The average molecular weight is 646 g/mol. The van der Waals surface area contributed by atoms with Gasteiger partial charge in [-0.1, -0.05) is 140 Å². The molecule has 1 heterocycles. The van der Waals surface area contributed by atoms with Crippen LogP contribution in [-0.2, 0) is 0 Å². The molecule has 0 radical (unpaired) electrons. The number of allylic oxidation sites excluding steroid dienone is 8. The summed E-state index contributed by atoms with van der Waals surface area (Å²) in [6, 6.07) is 0. The van der Waals surface area contributed by atoms with Crippen molar-refractivity contribution in [1.29, 1.82) is 0 Å². The smallest absolute Gasteiger partial charge is 0.0133 e. The standard InChI is InChI=1S/C41H75NS2/c1-3-5-7-9-11-13-15-17-19-21-23-25-27-29-31-33-35-43-39-41(37-42-38-41)40-44-36-34-32-30-28-26-24-22-20-18-16-14-12-10-8-6-4-2/h11-14,17-20,42H,3-10,15-16,21-40H2,1-2H3/b13-11-,14-12-,19-17-,20-18-. The third kappa shape index (κ3) is 27.9. The fraction of sp³-hybridized carbons (Fsp3) is 0.805. The summed E-state index contributed by atoms with van der Waals surface area (Å²) >= 11 is 4.47. The van der Waals surface area contributed by atoms with Crippen LogP contribution in [0.25, 0.3) is 0 Å². The number of nitrogens with one attached hydrogen (secondary N) is 1. The number of rotatable bonds is 34. The van der Waals surface area contributed by atoms with Gasteiger partial charge in [-0.3, -0.25) is 0 Å². The third-order valence-corrected chi connectivity index (χ3v) is 11.6. The number of hydrogen-bond donors (Lipinski definition) is 1. The zero-order valence-electron chi connectivity index (χ0n) is 29.6. The van der Waals surface area contributed by atoms with Crippen LogP contribution < -0.4 is 5.32 Å². The first-order valence-corrected chi connectivity index (χ1v) is 21.6. The molecule has 0 aromatic heterocycles. The van der Waals surface area contributed by atoms with E-state index >= 15 is 0 Å². The lowest BCUT2D eigenvalue weighted by atomic mass is 9.86. The average Bonchev–Trinajstić information content (AvgIpc) is 3.01. The fourth-order valence-electron chi connectivity index (χ4n) is 5.69. The van der Waals surface area contributed by atoms with Crippen molar-refractivity contribution in [2.24, 2.45) is 5.41 Å². The summed E-state index contributed by atoms with van der Waals surface area (Å²) in [4.78, 5) is 0. The minimum absolute atomic E-state index is 0.589. The van der Waals surface area contributed by atoms with E-state index in [2.05, 4.69) is 91.3 Å². The normalized spacial score (nSPS) is 15.0. The zero-order valence-corrected chi connectivity index (χ0v) is 31.3. The van der Waals surface area contributed by atoms with Gasteiger partial charge in [-0.2, -0.15) is 23.5 Å². The highest BCUT2D eigenvalue weighted by atomic mass is 32.2. The summed E-state index contributed by atoms with van der Waals surface area (Å²) < 4.78 is 0. The molecule has 0 amide bonds. The monoisotopic (exact) mass is 646 g/mol. The van der Waals surface area contributed by atoms with Gasteiger partial charge in [-0.15, -0.1) is 0 Å². The van der Waals surface area contributed by atoms with Crippen LogP contribution in [0.2, 0.25) is 0 Å². The third-order valence-electron chi connectivity index (χ3n) is 8.80. The molecule has 1 nitrogen and oxygen atoms in total. The maximum atomic E-state index is 3.58. The Morgan fingerprint density at radius 3 is 1.11 bits per heavy atom. The molecular formula is C41H75NS2. The van der Waals surface area contributed by atoms with Crippen LogP contribution in [-0.4, -0.2) is 36.1 Å². The summed E-state index contributed by atoms with van der Waals surface area (Å²) in [7, 11) is 0. The van der Waals surface area contributed by atoms with E-state index in [9.17, 15) is 0 Å². The van der Waals surface area contributed by atoms with Gasteiger partial charge in [0.25, 0.3) is 0 Å². The highest BCUT2D eigenvalue weighted by Gasteiger charge is 2.36. The van der Waals surface area contributed by atoms with Gasteiger partial charge in [0.15, 0.2) is 0 Å². The van der Waals surface area contributed by atoms with E-state index in [4.69, 9.17) is 0 Å². The first-order valence-electron chi connectivity index (χ1n) is 19.3. The topological polar surface area (TPSA) is 12.0 Å². The molecule has 1 aliphatic heterocycles. The first-order chi connectivity index (χ1) is 21.8. The molecule has 0 aromatic carbocycles. The highest BCUT2D eigenvalue weighted by Crippen LogP contribution is 2.32. The van der Waals surface area contributed by atoms with Gasteiger partial charge in [-0.05, 0) is 88.6 Å². The second-order valence-corrected chi connectivity index (χ2v) is 15.6. The molecule has 1 aliphatic rings. The zero-order chi connectivity index (χ0) is 31.5. The van der Waals surface area contributed by atoms with Crippen molar-refractivity contribution < 1.29 is 0 Å². The summed E-state index contributed by atoms with van der Waals surface area (Å²) in [5, 5.41) is 3.58. The molecule has 0 aromatic rings. The van der Waals surface area contributed by atoms with Crippen molar-refractivity contribution in [2.45, 2.75) is 168 Å². The van der Waals surface area contributed by atoms with Gasteiger partial charge in [-0.25, -0.2) is 0 Å². The van der Waals surface area contributed by atoms with Crippen molar-refractivity contribution in [3.05, 3.63) is 48.6 Å². The quantitative estimate of drug-likeness (QED) is 0.0552. The molecule has 0 aliphatic carbocycles. The Labute approximate surface area is 285 Å². The summed E-state index contributed by atoms with van der Waals surface area (Å²) in [5.74, 6) is 5.48. The van der Waals surface area contributed by atoms with Crippen molar-refractivity contribution in [3.63, 3.8) is 0 Å². The summed E-state index contributed by atoms with van der Waals surface area (Å²) in [5.41, 5.74) is 0.589. The van der Waals surface area contributed by atoms with Crippen molar-refractivity contribution in [3.8, 4) is 0 Å². The SMILES string of the molecule is CCCCC/C=C\C/C=C\CCCCCCCCSCC1(CSCCCCCCCC/C=C\C/C=C\CCCCC)CNC1. The van der Waals surface area contributed by atoms with E-state index in [0.717, 1.165) is 12.8 Å². The number of unbranched alkanes of at least 4 members (excludes halogenated alkanes) is 18. The van der Waals surface area contributed by atoms with Crippen molar-refractivity contribution >= 4 is 23.5 Å². The van der Waals surface area contributed by atoms with Crippen LogP contribution in [0, 0.1) is 5.41 Å². The minimum Gasteiger partial charge on any atom is -0.315 e. The predicted octanol–water partition coefficient (Wildman–Crippen LogP) is 13.7. The minimum atomic E-state index is 0.589. The predicted molar refractivity (Wildman–Crippen MR) is 209 cm³/mol. The van der Waals surface area contributed by atoms with Gasteiger partial charge in [0, 0.05) is 30.0 Å². The lowest BCUT2D eigenvalue weighted by Gasteiger charge is -2.42. The van der Waals surface area contributed by atoms with Crippen molar-refractivity contribution in [2.75, 3.05) is 36.1 Å². The molecule has 0 unspecified atom stereocenters. The molecule has 0 bridgehead atoms. The van der Waals surface area contributed by atoms with Crippen LogP contribution in [0.1, 0.15) is 168 Å². The molecule has 3 heteroatoms. The summed E-state index contributed by atoms with van der Waals surface area (Å²) in [6.45, 7) is 7.05.